The van der Waals surface area contributed by atoms with Gasteiger partial charge in [-0.3, -0.25) is 4.35 Å². The van der Waals surface area contributed by atoms with Crippen molar-refractivity contribution in [3.63, 3.8) is 0 Å². The third-order valence-corrected chi connectivity index (χ3v) is 3.82. The Morgan fingerprint density at radius 1 is 1.47 bits per heavy atom. The summed E-state index contributed by atoms with van der Waals surface area (Å²) >= 11 is 0. The van der Waals surface area contributed by atoms with Crippen LogP contribution in [0.15, 0.2) is 0 Å². The van der Waals surface area contributed by atoms with E-state index in [2.05, 4.69) is 30.8 Å². The smallest absolute Gasteiger partial charge is 0.250 e. The van der Waals surface area contributed by atoms with Gasteiger partial charge in [0.25, 0.3) is 0 Å². The van der Waals surface area contributed by atoms with Gasteiger partial charge >= 0.3 is 0 Å². The molecule has 0 atom stereocenters. The third-order valence-electron chi connectivity index (χ3n) is 2.11. The third kappa shape index (κ3) is 2.21. The number of nitriles is 1. The van der Waals surface area contributed by atoms with E-state index in [1.807, 2.05) is 18.2 Å². The minimum absolute atomic E-state index is 0.472. The van der Waals surface area contributed by atoms with Crippen LogP contribution in [-0.4, -0.2) is 24.3 Å². The lowest BCUT2D eigenvalue weighted by atomic mass is 10.3. The van der Waals surface area contributed by atoms with E-state index in [0.29, 0.717) is 18.1 Å². The molecule has 0 unspecified atom stereocenters. The van der Waals surface area contributed by atoms with Gasteiger partial charge in [-0.05, 0) is 33.5 Å². The van der Waals surface area contributed by atoms with E-state index in [9.17, 15) is 0 Å². The van der Waals surface area contributed by atoms with E-state index >= 15 is 0 Å². The fraction of sp³-hybridized carbons (Fsp3) is 0.600. The Kier molecular flexibility index (Phi) is 3.20. The fourth-order valence-electron chi connectivity index (χ4n) is 1.50. The molecule has 0 aliphatic heterocycles. The average molecular weight is 223 g/mol. The number of ether oxygens (including phenoxy) is 1. The molecule has 0 bridgehead atoms. The summed E-state index contributed by atoms with van der Waals surface area (Å²) in [6, 6.07) is 2.16. The molecule has 5 heteroatoms. The number of nitrogens with zero attached hydrogens (tertiary/aromatic N) is 3. The van der Waals surface area contributed by atoms with Gasteiger partial charge in [0.2, 0.25) is 5.88 Å². The zero-order chi connectivity index (χ0) is 11.6. The second-order valence-electron chi connectivity index (χ2n) is 4.39. The molecule has 4 nitrogen and oxygen atoms in total. The highest BCUT2D eigenvalue weighted by molar-refractivity contribution is 6.74. The van der Waals surface area contributed by atoms with Crippen molar-refractivity contribution in [1.82, 2.24) is 9.45 Å². The highest BCUT2D eigenvalue weighted by Crippen LogP contribution is 2.22. The van der Waals surface area contributed by atoms with Crippen molar-refractivity contribution in [2.75, 3.05) is 6.61 Å². The van der Waals surface area contributed by atoms with E-state index in [1.165, 1.54) is 0 Å². The lowest BCUT2D eigenvalue weighted by Crippen LogP contribution is -2.34. The van der Waals surface area contributed by atoms with E-state index in [4.69, 9.17) is 10.00 Å². The van der Waals surface area contributed by atoms with Crippen LogP contribution in [-0.2, 0) is 0 Å². The highest BCUT2D eigenvalue weighted by atomic mass is 28.3. The van der Waals surface area contributed by atoms with Crippen LogP contribution in [0, 0.1) is 18.3 Å². The van der Waals surface area contributed by atoms with Crippen molar-refractivity contribution in [1.29, 1.82) is 5.26 Å². The van der Waals surface area contributed by atoms with Gasteiger partial charge in [-0.15, -0.1) is 5.10 Å². The molecule has 0 fully saturated rings. The number of hydrogen-bond donors (Lipinski definition) is 0. The molecule has 0 N–H and O–H groups in total. The van der Waals surface area contributed by atoms with Crippen molar-refractivity contribution >= 4 is 8.24 Å². The van der Waals surface area contributed by atoms with Crippen LogP contribution in [0.2, 0.25) is 19.6 Å². The summed E-state index contributed by atoms with van der Waals surface area (Å²) in [4.78, 5) is 0. The van der Waals surface area contributed by atoms with Crippen molar-refractivity contribution in [3.8, 4) is 11.9 Å². The van der Waals surface area contributed by atoms with Crippen LogP contribution in [0.25, 0.3) is 0 Å². The van der Waals surface area contributed by atoms with Gasteiger partial charge in [-0.25, -0.2) is 0 Å². The molecule has 1 aromatic rings. The maximum absolute atomic E-state index is 9.04. The van der Waals surface area contributed by atoms with Crippen molar-refractivity contribution in [3.05, 3.63) is 11.3 Å². The van der Waals surface area contributed by atoms with E-state index in [-0.39, 0.29) is 0 Å². The van der Waals surface area contributed by atoms with Gasteiger partial charge in [0.05, 0.1) is 6.61 Å². The summed E-state index contributed by atoms with van der Waals surface area (Å²) in [5, 5.41) is 13.4. The van der Waals surface area contributed by atoms with E-state index in [0.717, 1.165) is 5.69 Å². The highest BCUT2D eigenvalue weighted by Gasteiger charge is 2.25. The quantitative estimate of drug-likeness (QED) is 0.738. The predicted octanol–water partition coefficient (Wildman–Crippen LogP) is 2.14. The fourth-order valence-corrected chi connectivity index (χ4v) is 3.00. The minimum atomic E-state index is -1.56. The molecule has 1 heterocycles. The van der Waals surface area contributed by atoms with Crippen molar-refractivity contribution < 1.29 is 4.74 Å². The zero-order valence-electron chi connectivity index (χ0n) is 9.96. The molecule has 1 aromatic heterocycles. The second-order valence-corrected chi connectivity index (χ2v) is 9.16. The van der Waals surface area contributed by atoms with Crippen molar-refractivity contribution in [2.24, 2.45) is 0 Å². The van der Waals surface area contributed by atoms with Crippen LogP contribution < -0.4 is 4.74 Å². The molecule has 0 radical (unpaired) electrons. The molecule has 0 aliphatic carbocycles. The number of hydrogen-bond acceptors (Lipinski definition) is 3. The number of rotatable bonds is 3. The molecule has 15 heavy (non-hydrogen) atoms. The van der Waals surface area contributed by atoms with E-state index in [1.54, 1.807) is 0 Å². The summed E-state index contributed by atoms with van der Waals surface area (Å²) in [6.07, 6.45) is 0. The van der Waals surface area contributed by atoms with Gasteiger partial charge in [0.15, 0.2) is 8.24 Å². The zero-order valence-corrected chi connectivity index (χ0v) is 11.0. The number of aromatic nitrogens is 2. The summed E-state index contributed by atoms with van der Waals surface area (Å²) < 4.78 is 7.32. The Bertz CT molecular complexity index is 398. The van der Waals surface area contributed by atoms with Crippen molar-refractivity contribution in [2.45, 2.75) is 33.5 Å². The monoisotopic (exact) mass is 223 g/mol. The standard InChI is InChI=1S/C10H17N3OSi/c1-6-14-10-9(7-11)8(2)13(12-10)15(3,4)5/h6H2,1-5H3. The molecule has 0 aliphatic rings. The summed E-state index contributed by atoms with van der Waals surface area (Å²) in [5.41, 5.74) is 1.49. The van der Waals surface area contributed by atoms with Gasteiger partial charge < -0.3 is 4.74 Å². The molecular formula is C10H17N3OSi. The Balaban J connectivity index is 3.29. The van der Waals surface area contributed by atoms with Crippen LogP contribution in [0.1, 0.15) is 18.2 Å². The van der Waals surface area contributed by atoms with E-state index < -0.39 is 8.24 Å². The predicted molar refractivity (Wildman–Crippen MR) is 61.6 cm³/mol. The van der Waals surface area contributed by atoms with Gasteiger partial charge in [-0.2, -0.15) is 5.26 Å². The SMILES string of the molecule is CCOc1nn([Si](C)(C)C)c(C)c1C#N. The lowest BCUT2D eigenvalue weighted by Gasteiger charge is -2.18. The Labute approximate surface area is 91.6 Å². The van der Waals surface area contributed by atoms with Gasteiger partial charge in [-0.1, -0.05) is 0 Å². The average Bonchev–Trinajstić information content (AvgIpc) is 2.42. The van der Waals surface area contributed by atoms with Crippen LogP contribution >= 0.6 is 0 Å². The molecular weight excluding hydrogens is 206 g/mol. The Morgan fingerprint density at radius 2 is 2.07 bits per heavy atom. The second kappa shape index (κ2) is 4.07. The first-order chi connectivity index (χ1) is 6.91. The van der Waals surface area contributed by atoms with Gasteiger partial charge in [0, 0.05) is 5.69 Å². The maximum Gasteiger partial charge on any atom is 0.250 e. The topological polar surface area (TPSA) is 50.8 Å². The first-order valence-electron chi connectivity index (χ1n) is 5.04. The first kappa shape index (κ1) is 11.8. The summed E-state index contributed by atoms with van der Waals surface area (Å²) in [5.74, 6) is 0.472. The molecule has 0 amide bonds. The molecule has 1 rings (SSSR count). The molecule has 0 spiro atoms. The maximum atomic E-state index is 9.04. The first-order valence-corrected chi connectivity index (χ1v) is 8.49. The molecule has 0 saturated carbocycles. The largest absolute Gasteiger partial charge is 0.476 e. The normalized spacial score (nSPS) is 11.2. The lowest BCUT2D eigenvalue weighted by molar-refractivity contribution is 0.324. The molecule has 82 valence electrons. The Hall–Kier alpha value is -1.28. The van der Waals surface area contributed by atoms with Crippen LogP contribution in [0.5, 0.6) is 5.88 Å². The Morgan fingerprint density at radius 3 is 2.47 bits per heavy atom. The van der Waals surface area contributed by atoms with Crippen LogP contribution in [0.4, 0.5) is 0 Å². The van der Waals surface area contributed by atoms with Gasteiger partial charge in [0.1, 0.15) is 11.6 Å². The summed E-state index contributed by atoms with van der Waals surface area (Å²) in [7, 11) is -1.56. The summed E-state index contributed by atoms with van der Waals surface area (Å²) in [6.45, 7) is 10.9. The molecule has 0 saturated heterocycles. The van der Waals surface area contributed by atoms with Crippen LogP contribution in [0.3, 0.4) is 0 Å². The minimum Gasteiger partial charge on any atom is -0.476 e. The molecule has 0 aromatic carbocycles.